The number of nitrogens with zero attached hydrogens (tertiary/aromatic N) is 5. The molecule has 1 aliphatic rings. The van der Waals surface area contributed by atoms with Crippen LogP contribution in [0.25, 0.3) is 0 Å². The summed E-state index contributed by atoms with van der Waals surface area (Å²) < 4.78 is 45.3. The molecule has 1 fully saturated rings. The molecule has 1 amide bonds. The fourth-order valence-electron chi connectivity index (χ4n) is 2.83. The van der Waals surface area contributed by atoms with E-state index < -0.39 is 20.9 Å². The molecule has 1 aliphatic heterocycles. The summed E-state index contributed by atoms with van der Waals surface area (Å²) >= 11 is 0.658. The summed E-state index contributed by atoms with van der Waals surface area (Å²) in [6.45, 7) is 0.861. The van der Waals surface area contributed by atoms with Crippen molar-refractivity contribution in [2.45, 2.75) is 22.6 Å². The summed E-state index contributed by atoms with van der Waals surface area (Å²) in [4.78, 5) is 21.9. The topological polar surface area (TPSA) is 138 Å². The van der Waals surface area contributed by atoms with E-state index in [0.717, 1.165) is 6.20 Å². The van der Waals surface area contributed by atoms with Gasteiger partial charge in [-0.25, -0.2) is 13.4 Å². The Hall–Kier alpha value is -3.23. The molecule has 3 aromatic rings. The van der Waals surface area contributed by atoms with E-state index in [9.17, 15) is 17.6 Å². The molecule has 3 heterocycles. The highest BCUT2D eigenvalue weighted by Crippen LogP contribution is 2.21. The van der Waals surface area contributed by atoms with Crippen molar-refractivity contribution < 1.29 is 27.2 Å². The number of amides is 1. The summed E-state index contributed by atoms with van der Waals surface area (Å²) in [6.07, 6.45) is 2.56. The molecule has 1 aromatic carbocycles. The van der Waals surface area contributed by atoms with E-state index >= 15 is 0 Å². The number of sulfone groups is 1. The molecular formula is C18H17FN6O5S2. The molecule has 0 unspecified atom stereocenters. The second-order valence-corrected chi connectivity index (χ2v) is 9.53. The zero-order chi connectivity index (χ0) is 22.7. The van der Waals surface area contributed by atoms with Crippen LogP contribution in [0.4, 0.5) is 9.52 Å². The zero-order valence-corrected chi connectivity index (χ0v) is 18.3. The van der Waals surface area contributed by atoms with Crippen molar-refractivity contribution in [1.29, 1.82) is 0 Å². The number of rotatable bonds is 7. The van der Waals surface area contributed by atoms with Gasteiger partial charge in [0, 0.05) is 19.0 Å². The largest absolute Gasteiger partial charge is 0.389 e. The van der Waals surface area contributed by atoms with Gasteiger partial charge in [-0.15, -0.1) is 10.2 Å². The van der Waals surface area contributed by atoms with Gasteiger partial charge >= 0.3 is 0 Å². The lowest BCUT2D eigenvalue weighted by atomic mass is 10.1. The lowest BCUT2D eigenvalue weighted by Gasteiger charge is -2.10. The number of hydrogen-bond donors (Lipinski definition) is 1. The van der Waals surface area contributed by atoms with Crippen LogP contribution < -0.4 is 5.32 Å². The van der Waals surface area contributed by atoms with Crippen molar-refractivity contribution in [2.75, 3.05) is 18.5 Å². The van der Waals surface area contributed by atoms with Gasteiger partial charge in [0.25, 0.3) is 11.1 Å². The summed E-state index contributed by atoms with van der Waals surface area (Å²) in [7, 11) is -2.39. The van der Waals surface area contributed by atoms with Crippen molar-refractivity contribution in [3.05, 3.63) is 47.5 Å². The Morgan fingerprint density at radius 1 is 1.38 bits per heavy atom. The van der Waals surface area contributed by atoms with E-state index in [1.54, 1.807) is 0 Å². The van der Waals surface area contributed by atoms with Gasteiger partial charge in [0.2, 0.25) is 9.84 Å². The van der Waals surface area contributed by atoms with Crippen LogP contribution in [0, 0.1) is 5.13 Å². The third-order valence-corrected chi connectivity index (χ3v) is 6.89. The number of carbonyl (C=O) groups excluding carboxylic acids is 1. The van der Waals surface area contributed by atoms with Crippen LogP contribution in [-0.2, 0) is 31.3 Å². The number of nitrogens with one attached hydrogen (secondary N) is 1. The van der Waals surface area contributed by atoms with E-state index in [0.29, 0.717) is 31.0 Å². The standard InChI is InChI=1S/C18H17FN6O5S2/c1-25-10-21-23-18(25)32(27,28)13-4-2-11(3-5-13)15(24-30-12-6-7-29-9-12)16(26)22-17-20-8-14(19)31-17/h2-5,8,10,12H,6-7,9H2,1H3,(H,20,22,26)/t12-/m1/s1. The fourth-order valence-corrected chi connectivity index (χ4v) is 4.66. The van der Waals surface area contributed by atoms with Crippen molar-refractivity contribution in [3.8, 4) is 0 Å². The number of halogens is 1. The number of carbonyl (C=O) groups is 1. The Morgan fingerprint density at radius 3 is 2.75 bits per heavy atom. The third kappa shape index (κ3) is 4.66. The number of hydrogen-bond acceptors (Lipinski definition) is 10. The number of aromatic nitrogens is 4. The molecule has 2 aromatic heterocycles. The fraction of sp³-hybridized carbons (Fsp3) is 0.278. The van der Waals surface area contributed by atoms with E-state index in [4.69, 9.17) is 9.57 Å². The van der Waals surface area contributed by atoms with E-state index in [2.05, 4.69) is 25.7 Å². The van der Waals surface area contributed by atoms with E-state index in [1.807, 2.05) is 0 Å². The number of oxime groups is 1. The first-order valence-electron chi connectivity index (χ1n) is 9.28. The maximum Gasteiger partial charge on any atom is 0.280 e. The Labute approximate surface area is 185 Å². The molecule has 0 saturated carbocycles. The van der Waals surface area contributed by atoms with Gasteiger partial charge in [-0.1, -0.05) is 28.6 Å². The van der Waals surface area contributed by atoms with Crippen LogP contribution in [-0.4, -0.2) is 59.1 Å². The van der Waals surface area contributed by atoms with Gasteiger partial charge in [-0.2, -0.15) is 4.39 Å². The molecule has 11 nitrogen and oxygen atoms in total. The summed E-state index contributed by atoms with van der Waals surface area (Å²) in [5.41, 5.74) is 0.158. The second-order valence-electron chi connectivity index (χ2n) is 6.71. The lowest BCUT2D eigenvalue weighted by Crippen LogP contribution is -2.25. The van der Waals surface area contributed by atoms with Crippen LogP contribution in [0.15, 0.2) is 52.0 Å². The zero-order valence-electron chi connectivity index (χ0n) is 16.6. The molecule has 14 heteroatoms. The van der Waals surface area contributed by atoms with Crippen LogP contribution in [0.1, 0.15) is 12.0 Å². The predicted molar refractivity (Wildman–Crippen MR) is 110 cm³/mol. The van der Waals surface area contributed by atoms with Crippen LogP contribution in [0.2, 0.25) is 0 Å². The van der Waals surface area contributed by atoms with Crippen molar-refractivity contribution in [1.82, 2.24) is 19.7 Å². The van der Waals surface area contributed by atoms with Crippen LogP contribution in [0.5, 0.6) is 0 Å². The Balaban J connectivity index is 1.62. The summed E-state index contributed by atoms with van der Waals surface area (Å²) in [5.74, 6) is -0.692. The van der Waals surface area contributed by atoms with Crippen molar-refractivity contribution in [3.63, 3.8) is 0 Å². The SMILES string of the molecule is Cn1cnnc1S(=O)(=O)c1ccc(C(=NO[C@@H]2CCOC2)C(=O)Nc2ncc(F)s2)cc1. The Bertz CT molecular complexity index is 1250. The molecule has 168 valence electrons. The van der Waals surface area contributed by atoms with Crippen molar-refractivity contribution in [2.24, 2.45) is 12.2 Å². The summed E-state index contributed by atoms with van der Waals surface area (Å²) in [5, 5.41) is 12.9. The third-order valence-electron chi connectivity index (χ3n) is 4.44. The number of thiazole rings is 1. The first kappa shape index (κ1) is 22.0. The van der Waals surface area contributed by atoms with Gasteiger partial charge in [0.15, 0.2) is 22.1 Å². The lowest BCUT2D eigenvalue weighted by molar-refractivity contribution is -0.110. The molecule has 1 saturated heterocycles. The molecule has 4 rings (SSSR count). The predicted octanol–water partition coefficient (Wildman–Crippen LogP) is 1.39. The second kappa shape index (κ2) is 9.10. The minimum Gasteiger partial charge on any atom is -0.389 e. The molecule has 0 radical (unpaired) electrons. The molecule has 1 N–H and O–H groups in total. The normalized spacial score (nSPS) is 16.8. The van der Waals surface area contributed by atoms with Gasteiger partial charge < -0.3 is 14.1 Å². The molecular weight excluding hydrogens is 463 g/mol. The first-order chi connectivity index (χ1) is 15.3. The molecule has 32 heavy (non-hydrogen) atoms. The number of benzene rings is 1. The maximum atomic E-state index is 13.2. The Kier molecular flexibility index (Phi) is 6.25. The highest BCUT2D eigenvalue weighted by atomic mass is 32.2. The van der Waals surface area contributed by atoms with Crippen LogP contribution >= 0.6 is 11.3 Å². The quantitative estimate of drug-likeness (QED) is 0.396. The van der Waals surface area contributed by atoms with Gasteiger partial charge in [0.05, 0.1) is 24.3 Å². The monoisotopic (exact) mass is 480 g/mol. The van der Waals surface area contributed by atoms with Gasteiger partial charge in [-0.05, 0) is 12.1 Å². The number of ether oxygens (including phenoxy) is 1. The average Bonchev–Trinajstić information content (AvgIpc) is 3.52. The maximum absolute atomic E-state index is 13.2. The molecule has 0 spiro atoms. The smallest absolute Gasteiger partial charge is 0.280 e. The minimum atomic E-state index is -3.91. The highest BCUT2D eigenvalue weighted by Gasteiger charge is 2.25. The summed E-state index contributed by atoms with van der Waals surface area (Å²) in [6, 6.07) is 5.48. The Morgan fingerprint density at radius 2 is 2.16 bits per heavy atom. The molecule has 0 aliphatic carbocycles. The first-order valence-corrected chi connectivity index (χ1v) is 11.6. The number of anilines is 1. The van der Waals surface area contributed by atoms with E-state index in [-0.39, 0.29) is 32.6 Å². The van der Waals surface area contributed by atoms with Gasteiger partial charge in [-0.3, -0.25) is 10.1 Å². The number of aryl methyl sites for hydroxylation is 1. The van der Waals surface area contributed by atoms with E-state index in [1.165, 1.54) is 42.2 Å². The van der Waals surface area contributed by atoms with Crippen LogP contribution in [0.3, 0.4) is 0 Å². The molecule has 0 bridgehead atoms. The van der Waals surface area contributed by atoms with Crippen molar-refractivity contribution >= 4 is 37.9 Å². The molecule has 1 atom stereocenters. The van der Waals surface area contributed by atoms with Gasteiger partial charge in [0.1, 0.15) is 6.33 Å². The highest BCUT2D eigenvalue weighted by molar-refractivity contribution is 7.91. The average molecular weight is 481 g/mol. The minimum absolute atomic E-state index is 0.0378.